The van der Waals surface area contributed by atoms with Crippen LogP contribution in [0.5, 0.6) is 0 Å². The molecular weight excluding hydrogens is 290 g/mol. The smallest absolute Gasteiger partial charge is 0.0951 e. The summed E-state index contributed by atoms with van der Waals surface area (Å²) < 4.78 is 3.21. The molecule has 0 radical (unpaired) electrons. The van der Waals surface area contributed by atoms with Gasteiger partial charge in [-0.3, -0.25) is 0 Å². The lowest BCUT2D eigenvalue weighted by Gasteiger charge is -2.17. The number of aromatic nitrogens is 2. The van der Waals surface area contributed by atoms with Crippen LogP contribution in [0.3, 0.4) is 0 Å². The van der Waals surface area contributed by atoms with Crippen LogP contribution in [0.25, 0.3) is 0 Å². The molecule has 3 nitrogen and oxygen atoms in total. The van der Waals surface area contributed by atoms with Crippen LogP contribution in [0.2, 0.25) is 0 Å². The highest BCUT2D eigenvalue weighted by atomic mass is 79.9. The van der Waals surface area contributed by atoms with E-state index in [1.807, 2.05) is 24.7 Å². The highest BCUT2D eigenvalue weighted by molar-refractivity contribution is 9.10. The summed E-state index contributed by atoms with van der Waals surface area (Å²) in [5, 5.41) is 0. The van der Waals surface area contributed by atoms with Crippen LogP contribution in [-0.2, 0) is 6.54 Å². The molecule has 4 heteroatoms. The van der Waals surface area contributed by atoms with Crippen molar-refractivity contribution >= 4 is 15.9 Å². The van der Waals surface area contributed by atoms with Crippen molar-refractivity contribution in [2.24, 2.45) is 11.7 Å². The zero-order valence-corrected chi connectivity index (χ0v) is 12.3. The Hall–Kier alpha value is -1.13. The fourth-order valence-electron chi connectivity index (χ4n) is 1.87. The molecule has 0 spiro atoms. The molecule has 2 rings (SSSR count). The molecule has 0 aliphatic rings. The predicted octanol–water partition coefficient (Wildman–Crippen LogP) is 3.35. The van der Waals surface area contributed by atoms with Crippen LogP contribution in [-0.4, -0.2) is 9.55 Å². The monoisotopic (exact) mass is 307 g/mol. The first-order chi connectivity index (χ1) is 8.58. The van der Waals surface area contributed by atoms with Crippen LogP contribution >= 0.6 is 15.9 Å². The minimum absolute atomic E-state index is 0.0305. The summed E-state index contributed by atoms with van der Waals surface area (Å²) in [7, 11) is 0. The van der Waals surface area contributed by atoms with Gasteiger partial charge in [-0.2, -0.15) is 0 Å². The van der Waals surface area contributed by atoms with E-state index in [1.165, 1.54) is 5.56 Å². The molecule has 96 valence electrons. The SMILES string of the molecule is CC(C)C(N)c1cncn1Cc1ccc(Br)cc1. The lowest BCUT2D eigenvalue weighted by atomic mass is 10.0. The minimum Gasteiger partial charge on any atom is -0.329 e. The molecule has 0 aliphatic carbocycles. The molecule has 0 saturated carbocycles. The lowest BCUT2D eigenvalue weighted by molar-refractivity contribution is 0.484. The molecule has 0 fully saturated rings. The fraction of sp³-hybridized carbons (Fsp3) is 0.357. The fourth-order valence-corrected chi connectivity index (χ4v) is 2.13. The first-order valence-corrected chi connectivity index (χ1v) is 6.87. The van der Waals surface area contributed by atoms with Crippen molar-refractivity contribution in [1.82, 2.24) is 9.55 Å². The van der Waals surface area contributed by atoms with Gasteiger partial charge in [-0.15, -0.1) is 0 Å². The van der Waals surface area contributed by atoms with Crippen molar-refractivity contribution in [2.75, 3.05) is 0 Å². The Morgan fingerprint density at radius 2 is 1.94 bits per heavy atom. The molecule has 0 aliphatic heterocycles. The number of nitrogens with two attached hydrogens (primary N) is 1. The van der Waals surface area contributed by atoms with Crippen molar-refractivity contribution in [1.29, 1.82) is 0 Å². The van der Waals surface area contributed by atoms with E-state index in [2.05, 4.69) is 51.5 Å². The number of nitrogens with zero attached hydrogens (tertiary/aromatic N) is 2. The van der Waals surface area contributed by atoms with Crippen molar-refractivity contribution in [3.05, 3.63) is 52.5 Å². The van der Waals surface area contributed by atoms with Gasteiger partial charge in [0.2, 0.25) is 0 Å². The average molecular weight is 308 g/mol. The number of benzene rings is 1. The molecule has 1 aromatic carbocycles. The Morgan fingerprint density at radius 1 is 1.28 bits per heavy atom. The van der Waals surface area contributed by atoms with E-state index in [0.29, 0.717) is 5.92 Å². The van der Waals surface area contributed by atoms with Crippen molar-refractivity contribution < 1.29 is 0 Å². The third kappa shape index (κ3) is 3.00. The van der Waals surface area contributed by atoms with E-state index in [-0.39, 0.29) is 6.04 Å². The highest BCUT2D eigenvalue weighted by Crippen LogP contribution is 2.19. The van der Waals surface area contributed by atoms with Gasteiger partial charge in [-0.1, -0.05) is 41.9 Å². The lowest BCUT2D eigenvalue weighted by Crippen LogP contribution is -2.20. The number of rotatable bonds is 4. The van der Waals surface area contributed by atoms with Gasteiger partial charge >= 0.3 is 0 Å². The topological polar surface area (TPSA) is 43.8 Å². The third-order valence-electron chi connectivity index (χ3n) is 3.07. The third-order valence-corrected chi connectivity index (χ3v) is 3.60. The summed E-state index contributed by atoms with van der Waals surface area (Å²) in [5.74, 6) is 0.408. The molecule has 1 heterocycles. The van der Waals surface area contributed by atoms with Gasteiger partial charge in [0, 0.05) is 23.3 Å². The summed E-state index contributed by atoms with van der Waals surface area (Å²) in [5.41, 5.74) is 8.53. The summed E-state index contributed by atoms with van der Waals surface area (Å²) in [6, 6.07) is 8.34. The summed E-state index contributed by atoms with van der Waals surface area (Å²) in [6.07, 6.45) is 3.71. The molecule has 2 aromatic rings. The van der Waals surface area contributed by atoms with E-state index in [0.717, 1.165) is 16.7 Å². The van der Waals surface area contributed by atoms with Gasteiger partial charge < -0.3 is 10.3 Å². The van der Waals surface area contributed by atoms with E-state index in [1.54, 1.807) is 0 Å². The Morgan fingerprint density at radius 3 is 2.56 bits per heavy atom. The standard InChI is InChI=1S/C14H18BrN3/c1-10(2)14(16)13-7-17-9-18(13)8-11-3-5-12(15)6-4-11/h3-7,9-10,14H,8,16H2,1-2H3. The Labute approximate surface area is 116 Å². The maximum atomic E-state index is 6.19. The normalized spacial score (nSPS) is 12.9. The van der Waals surface area contributed by atoms with E-state index in [9.17, 15) is 0 Å². The maximum absolute atomic E-state index is 6.19. The summed E-state index contributed by atoms with van der Waals surface area (Å²) >= 11 is 3.44. The molecule has 0 bridgehead atoms. The number of halogens is 1. The first kappa shape index (κ1) is 13.3. The van der Waals surface area contributed by atoms with Crippen LogP contribution in [0.4, 0.5) is 0 Å². The highest BCUT2D eigenvalue weighted by Gasteiger charge is 2.15. The van der Waals surface area contributed by atoms with Gasteiger partial charge in [-0.05, 0) is 23.6 Å². The van der Waals surface area contributed by atoms with E-state index >= 15 is 0 Å². The first-order valence-electron chi connectivity index (χ1n) is 6.08. The van der Waals surface area contributed by atoms with Crippen LogP contribution in [0.15, 0.2) is 41.3 Å². The van der Waals surface area contributed by atoms with Crippen molar-refractivity contribution in [2.45, 2.75) is 26.4 Å². The second-order valence-corrected chi connectivity index (χ2v) is 5.76. The predicted molar refractivity (Wildman–Crippen MR) is 77.2 cm³/mol. The number of imidazole rings is 1. The molecule has 0 amide bonds. The van der Waals surface area contributed by atoms with Gasteiger partial charge in [-0.25, -0.2) is 4.98 Å². The molecule has 18 heavy (non-hydrogen) atoms. The quantitative estimate of drug-likeness (QED) is 0.941. The van der Waals surface area contributed by atoms with Gasteiger partial charge in [0.05, 0.1) is 12.0 Å². The summed E-state index contributed by atoms with van der Waals surface area (Å²) in [4.78, 5) is 4.21. The Kier molecular flexibility index (Phi) is 4.19. The molecule has 1 unspecified atom stereocenters. The largest absolute Gasteiger partial charge is 0.329 e. The zero-order chi connectivity index (χ0) is 13.1. The minimum atomic E-state index is 0.0305. The van der Waals surface area contributed by atoms with Crippen molar-refractivity contribution in [3.63, 3.8) is 0 Å². The zero-order valence-electron chi connectivity index (χ0n) is 10.7. The van der Waals surface area contributed by atoms with Gasteiger partial charge in [0.15, 0.2) is 0 Å². The van der Waals surface area contributed by atoms with Crippen LogP contribution in [0, 0.1) is 5.92 Å². The molecule has 2 N–H and O–H groups in total. The molecular formula is C14H18BrN3. The van der Waals surface area contributed by atoms with Crippen LogP contribution < -0.4 is 5.73 Å². The van der Waals surface area contributed by atoms with Crippen LogP contribution in [0.1, 0.15) is 31.1 Å². The molecule has 0 saturated heterocycles. The maximum Gasteiger partial charge on any atom is 0.0951 e. The van der Waals surface area contributed by atoms with Crippen molar-refractivity contribution in [3.8, 4) is 0 Å². The van der Waals surface area contributed by atoms with E-state index in [4.69, 9.17) is 5.73 Å². The van der Waals surface area contributed by atoms with Gasteiger partial charge in [0.25, 0.3) is 0 Å². The van der Waals surface area contributed by atoms with E-state index < -0.39 is 0 Å². The van der Waals surface area contributed by atoms with Gasteiger partial charge in [0.1, 0.15) is 0 Å². The Balaban J connectivity index is 2.19. The second kappa shape index (κ2) is 5.67. The molecule has 1 aromatic heterocycles. The number of hydrogen-bond acceptors (Lipinski definition) is 2. The second-order valence-electron chi connectivity index (χ2n) is 4.84. The average Bonchev–Trinajstić information content (AvgIpc) is 2.79. The number of hydrogen-bond donors (Lipinski definition) is 1. The summed E-state index contributed by atoms with van der Waals surface area (Å²) in [6.45, 7) is 5.06. The Bertz CT molecular complexity index is 502. The molecule has 1 atom stereocenters.